The number of hydrogen-bond donors (Lipinski definition) is 1. The molecule has 2 rings (SSSR count). The first-order chi connectivity index (χ1) is 10.6. The van der Waals surface area contributed by atoms with Gasteiger partial charge in [0.1, 0.15) is 6.10 Å². The Morgan fingerprint density at radius 3 is 2.77 bits per heavy atom. The Labute approximate surface area is 130 Å². The molecule has 0 aliphatic carbocycles. The monoisotopic (exact) mass is 306 g/mol. The first kappa shape index (κ1) is 16.5. The number of ether oxygens (including phenoxy) is 1. The molecular formula is C16H22N2O4. The summed E-state index contributed by atoms with van der Waals surface area (Å²) in [6.45, 7) is 2.82. The van der Waals surface area contributed by atoms with Gasteiger partial charge in [-0.3, -0.25) is 14.5 Å². The van der Waals surface area contributed by atoms with Gasteiger partial charge in [0, 0.05) is 33.2 Å². The summed E-state index contributed by atoms with van der Waals surface area (Å²) in [6, 6.07) is 10.1. The van der Waals surface area contributed by atoms with Gasteiger partial charge in [-0.05, 0) is 5.56 Å². The molecule has 1 fully saturated rings. The van der Waals surface area contributed by atoms with Crippen LogP contribution in [0.1, 0.15) is 12.0 Å². The molecule has 0 saturated carbocycles. The number of aliphatic carboxylic acids is 1. The predicted molar refractivity (Wildman–Crippen MR) is 81.3 cm³/mol. The van der Waals surface area contributed by atoms with Gasteiger partial charge in [0.2, 0.25) is 0 Å². The van der Waals surface area contributed by atoms with Crippen LogP contribution in [0.2, 0.25) is 0 Å². The van der Waals surface area contributed by atoms with E-state index in [-0.39, 0.29) is 18.9 Å². The fourth-order valence-electron chi connectivity index (χ4n) is 2.46. The normalized spacial score (nSPS) is 18.9. The highest BCUT2D eigenvalue weighted by atomic mass is 16.5. The van der Waals surface area contributed by atoms with E-state index in [1.807, 2.05) is 18.2 Å². The van der Waals surface area contributed by atoms with E-state index in [2.05, 4.69) is 17.0 Å². The largest absolute Gasteiger partial charge is 0.481 e. The second kappa shape index (κ2) is 7.91. The number of carbonyl (C=O) groups excluding carboxylic acids is 1. The maximum Gasteiger partial charge on any atom is 0.305 e. The quantitative estimate of drug-likeness (QED) is 0.842. The van der Waals surface area contributed by atoms with E-state index in [4.69, 9.17) is 9.84 Å². The number of amides is 1. The lowest BCUT2D eigenvalue weighted by Gasteiger charge is -2.34. The van der Waals surface area contributed by atoms with Gasteiger partial charge < -0.3 is 14.7 Å². The zero-order chi connectivity index (χ0) is 15.9. The summed E-state index contributed by atoms with van der Waals surface area (Å²) < 4.78 is 5.56. The highest BCUT2D eigenvalue weighted by Crippen LogP contribution is 2.12. The Bertz CT molecular complexity index is 506. The standard InChI is InChI=1S/C16H22N2O4/c1-17(8-7-15(19)20)16(21)14-12-18(9-10-22-14)11-13-5-3-2-4-6-13/h2-6,14H,7-12H2,1H3,(H,19,20)/t14-/m0/s1. The summed E-state index contributed by atoms with van der Waals surface area (Å²) >= 11 is 0. The molecule has 120 valence electrons. The minimum Gasteiger partial charge on any atom is -0.481 e. The molecule has 1 saturated heterocycles. The highest BCUT2D eigenvalue weighted by molar-refractivity contribution is 5.81. The summed E-state index contributed by atoms with van der Waals surface area (Å²) in [6.07, 6.45) is -0.570. The number of carbonyl (C=O) groups is 2. The van der Waals surface area contributed by atoms with E-state index in [9.17, 15) is 9.59 Å². The van der Waals surface area contributed by atoms with E-state index in [0.29, 0.717) is 13.2 Å². The molecule has 0 spiro atoms. The van der Waals surface area contributed by atoms with Crippen LogP contribution in [0.25, 0.3) is 0 Å². The average Bonchev–Trinajstić information content (AvgIpc) is 2.53. The molecule has 1 atom stereocenters. The lowest BCUT2D eigenvalue weighted by molar-refractivity contribution is -0.149. The van der Waals surface area contributed by atoms with Gasteiger partial charge in [-0.25, -0.2) is 0 Å². The van der Waals surface area contributed by atoms with Gasteiger partial charge in [-0.1, -0.05) is 30.3 Å². The van der Waals surface area contributed by atoms with Crippen LogP contribution in [0, 0.1) is 0 Å². The van der Waals surface area contributed by atoms with Crippen molar-refractivity contribution >= 4 is 11.9 Å². The molecule has 1 aromatic carbocycles. The summed E-state index contributed by atoms with van der Waals surface area (Å²) in [5.41, 5.74) is 1.20. The first-order valence-corrected chi connectivity index (χ1v) is 7.41. The second-order valence-corrected chi connectivity index (χ2v) is 5.48. The number of nitrogens with zero attached hydrogens (tertiary/aromatic N) is 2. The summed E-state index contributed by atoms with van der Waals surface area (Å²) in [5, 5.41) is 8.68. The minimum absolute atomic E-state index is 0.0529. The Morgan fingerprint density at radius 2 is 2.09 bits per heavy atom. The fraction of sp³-hybridized carbons (Fsp3) is 0.500. The number of morpholine rings is 1. The summed E-state index contributed by atoms with van der Waals surface area (Å²) in [4.78, 5) is 26.5. The molecule has 1 aliphatic rings. The summed E-state index contributed by atoms with van der Waals surface area (Å²) in [5.74, 6) is -1.06. The zero-order valence-corrected chi connectivity index (χ0v) is 12.8. The maximum atomic E-state index is 12.3. The van der Waals surface area contributed by atoms with Crippen LogP contribution in [-0.2, 0) is 20.9 Å². The maximum absolute atomic E-state index is 12.3. The second-order valence-electron chi connectivity index (χ2n) is 5.48. The highest BCUT2D eigenvalue weighted by Gasteiger charge is 2.28. The molecule has 6 nitrogen and oxygen atoms in total. The van der Waals surface area contributed by atoms with Crippen molar-refractivity contribution < 1.29 is 19.4 Å². The third-order valence-electron chi connectivity index (χ3n) is 3.71. The van der Waals surface area contributed by atoms with Crippen LogP contribution in [0.4, 0.5) is 0 Å². The average molecular weight is 306 g/mol. The van der Waals surface area contributed by atoms with Gasteiger partial charge in [0.05, 0.1) is 13.0 Å². The Morgan fingerprint density at radius 1 is 1.36 bits per heavy atom. The molecule has 1 heterocycles. The molecule has 1 N–H and O–H groups in total. The van der Waals surface area contributed by atoms with E-state index in [1.54, 1.807) is 7.05 Å². The number of carboxylic acid groups (broad SMARTS) is 1. The van der Waals surface area contributed by atoms with Crippen molar-refractivity contribution in [2.24, 2.45) is 0 Å². The number of benzene rings is 1. The van der Waals surface area contributed by atoms with Crippen molar-refractivity contribution in [3.63, 3.8) is 0 Å². The first-order valence-electron chi connectivity index (χ1n) is 7.41. The molecule has 0 aromatic heterocycles. The van der Waals surface area contributed by atoms with Crippen LogP contribution in [-0.4, -0.2) is 66.2 Å². The third-order valence-corrected chi connectivity index (χ3v) is 3.71. The number of hydrogen-bond acceptors (Lipinski definition) is 4. The van der Waals surface area contributed by atoms with Crippen molar-refractivity contribution in [3.8, 4) is 0 Å². The van der Waals surface area contributed by atoms with Gasteiger partial charge >= 0.3 is 5.97 Å². The van der Waals surface area contributed by atoms with Gasteiger partial charge in [-0.15, -0.1) is 0 Å². The summed E-state index contributed by atoms with van der Waals surface area (Å²) in [7, 11) is 1.62. The molecule has 22 heavy (non-hydrogen) atoms. The van der Waals surface area contributed by atoms with Crippen molar-refractivity contribution in [3.05, 3.63) is 35.9 Å². The van der Waals surface area contributed by atoms with Crippen LogP contribution < -0.4 is 0 Å². The molecule has 0 unspecified atom stereocenters. The molecule has 1 amide bonds. The van der Waals surface area contributed by atoms with Crippen molar-refractivity contribution in [1.82, 2.24) is 9.80 Å². The topological polar surface area (TPSA) is 70.1 Å². The van der Waals surface area contributed by atoms with E-state index < -0.39 is 12.1 Å². The Balaban J connectivity index is 1.87. The van der Waals surface area contributed by atoms with Crippen LogP contribution in [0.3, 0.4) is 0 Å². The smallest absolute Gasteiger partial charge is 0.305 e. The molecule has 0 radical (unpaired) electrons. The fourth-order valence-corrected chi connectivity index (χ4v) is 2.46. The van der Waals surface area contributed by atoms with Crippen LogP contribution in [0.5, 0.6) is 0 Å². The lowest BCUT2D eigenvalue weighted by Crippen LogP contribution is -2.50. The van der Waals surface area contributed by atoms with Crippen molar-refractivity contribution in [2.75, 3.05) is 33.3 Å². The van der Waals surface area contributed by atoms with Crippen molar-refractivity contribution in [1.29, 1.82) is 0 Å². The molecule has 6 heteroatoms. The minimum atomic E-state index is -0.907. The number of rotatable bonds is 6. The SMILES string of the molecule is CN(CCC(=O)O)C(=O)[C@@H]1CN(Cc2ccccc2)CCO1. The number of carboxylic acids is 1. The lowest BCUT2D eigenvalue weighted by atomic mass is 10.2. The van der Waals surface area contributed by atoms with E-state index in [1.165, 1.54) is 10.5 Å². The third kappa shape index (κ3) is 4.82. The van der Waals surface area contributed by atoms with E-state index >= 15 is 0 Å². The van der Waals surface area contributed by atoms with Gasteiger partial charge in [0.25, 0.3) is 5.91 Å². The predicted octanol–water partition coefficient (Wildman–Crippen LogP) is 0.821. The van der Waals surface area contributed by atoms with Crippen LogP contribution in [0.15, 0.2) is 30.3 Å². The van der Waals surface area contributed by atoms with Crippen LogP contribution >= 0.6 is 0 Å². The molecule has 1 aliphatic heterocycles. The van der Waals surface area contributed by atoms with Gasteiger partial charge in [0.15, 0.2) is 0 Å². The molecule has 0 bridgehead atoms. The Kier molecular flexibility index (Phi) is 5.91. The van der Waals surface area contributed by atoms with E-state index in [0.717, 1.165) is 13.1 Å². The Hall–Kier alpha value is -1.92. The molecular weight excluding hydrogens is 284 g/mol. The van der Waals surface area contributed by atoms with Gasteiger partial charge in [-0.2, -0.15) is 0 Å². The zero-order valence-electron chi connectivity index (χ0n) is 12.8. The van der Waals surface area contributed by atoms with Crippen molar-refractivity contribution in [2.45, 2.75) is 19.1 Å². The number of likely N-dealkylation sites (N-methyl/N-ethyl adjacent to an activating group) is 1. The molecule has 1 aromatic rings.